The molecule has 0 saturated heterocycles. The van der Waals surface area contributed by atoms with E-state index in [1.165, 1.54) is 30.5 Å². The molecule has 1 aromatic heterocycles. The third kappa shape index (κ3) is 2.42. The first kappa shape index (κ1) is 11.1. The molecule has 2 rings (SSSR count). The van der Waals surface area contributed by atoms with E-state index >= 15 is 0 Å². The van der Waals surface area contributed by atoms with Gasteiger partial charge in [0.1, 0.15) is 5.76 Å². The maximum atomic E-state index is 13.0. The van der Waals surface area contributed by atoms with Crippen LogP contribution >= 0.6 is 0 Å². The molecule has 86 valence electrons. The number of hydrogen-bond acceptors (Lipinski definition) is 3. The topological polar surface area (TPSA) is 50.4 Å². The van der Waals surface area contributed by atoms with Crippen molar-refractivity contribution < 1.29 is 18.7 Å². The van der Waals surface area contributed by atoms with Crippen LogP contribution in [0.3, 0.4) is 0 Å². The number of allylic oxidation sites excluding steroid dienone is 1. The molecule has 0 unspecified atom stereocenters. The number of phenolic OH excluding ortho intramolecular Hbond substituents is 1. The van der Waals surface area contributed by atoms with E-state index in [1.54, 1.807) is 12.1 Å². The molecule has 0 atom stereocenters. The van der Waals surface area contributed by atoms with Gasteiger partial charge in [-0.2, -0.15) is 0 Å². The van der Waals surface area contributed by atoms with Crippen molar-refractivity contribution in [3.63, 3.8) is 0 Å². The lowest BCUT2D eigenvalue weighted by molar-refractivity contribution is 0.104. The Hall–Kier alpha value is -2.36. The van der Waals surface area contributed by atoms with E-state index in [0.717, 1.165) is 6.07 Å². The molecule has 1 N–H and O–H groups in total. The summed E-state index contributed by atoms with van der Waals surface area (Å²) in [5.74, 6) is -1.43. The zero-order valence-corrected chi connectivity index (χ0v) is 8.76. The van der Waals surface area contributed by atoms with Crippen molar-refractivity contribution in [2.24, 2.45) is 0 Å². The van der Waals surface area contributed by atoms with Crippen molar-refractivity contribution in [2.45, 2.75) is 0 Å². The molecule has 0 fully saturated rings. The number of ketones is 1. The second-order valence-electron chi connectivity index (χ2n) is 3.35. The van der Waals surface area contributed by atoms with Gasteiger partial charge in [0.2, 0.25) is 0 Å². The summed E-state index contributed by atoms with van der Waals surface area (Å²) in [6.07, 6.45) is 4.14. The number of rotatable bonds is 3. The van der Waals surface area contributed by atoms with E-state index in [2.05, 4.69) is 0 Å². The SMILES string of the molecule is O=C(/C=C/c1ccco1)c1cccc(F)c1O. The van der Waals surface area contributed by atoms with E-state index in [-0.39, 0.29) is 5.56 Å². The number of furan rings is 1. The van der Waals surface area contributed by atoms with Crippen molar-refractivity contribution in [1.29, 1.82) is 0 Å². The molecular formula is C13H9FO3. The lowest BCUT2D eigenvalue weighted by Gasteiger charge is -2.00. The van der Waals surface area contributed by atoms with Crippen LogP contribution in [0.15, 0.2) is 47.1 Å². The van der Waals surface area contributed by atoms with Crippen molar-refractivity contribution in [3.05, 3.63) is 59.8 Å². The highest BCUT2D eigenvalue weighted by molar-refractivity contribution is 6.08. The Morgan fingerprint density at radius 3 is 2.82 bits per heavy atom. The monoisotopic (exact) mass is 232 g/mol. The Labute approximate surface area is 96.8 Å². The minimum Gasteiger partial charge on any atom is -0.504 e. The Kier molecular flexibility index (Phi) is 3.05. The van der Waals surface area contributed by atoms with Gasteiger partial charge in [-0.25, -0.2) is 4.39 Å². The van der Waals surface area contributed by atoms with Crippen molar-refractivity contribution >= 4 is 11.9 Å². The van der Waals surface area contributed by atoms with Crippen LogP contribution in [0.5, 0.6) is 5.75 Å². The number of halogens is 1. The molecule has 17 heavy (non-hydrogen) atoms. The molecule has 0 radical (unpaired) electrons. The molecule has 3 nitrogen and oxygen atoms in total. The molecule has 0 aliphatic carbocycles. The van der Waals surface area contributed by atoms with E-state index in [9.17, 15) is 14.3 Å². The molecule has 1 heterocycles. The van der Waals surface area contributed by atoms with Gasteiger partial charge in [0.05, 0.1) is 11.8 Å². The van der Waals surface area contributed by atoms with E-state index in [4.69, 9.17) is 4.42 Å². The van der Waals surface area contributed by atoms with Crippen LogP contribution in [0.25, 0.3) is 6.08 Å². The van der Waals surface area contributed by atoms with Crippen molar-refractivity contribution in [2.75, 3.05) is 0 Å². The predicted octanol–water partition coefficient (Wildman–Crippen LogP) is 3.02. The Morgan fingerprint density at radius 1 is 1.29 bits per heavy atom. The summed E-state index contributed by atoms with van der Waals surface area (Å²) >= 11 is 0. The molecule has 0 spiro atoms. The molecular weight excluding hydrogens is 223 g/mol. The van der Waals surface area contributed by atoms with Gasteiger partial charge in [-0.3, -0.25) is 4.79 Å². The summed E-state index contributed by atoms with van der Waals surface area (Å²) in [6.45, 7) is 0. The van der Waals surface area contributed by atoms with Gasteiger partial charge in [0.25, 0.3) is 0 Å². The lowest BCUT2D eigenvalue weighted by Crippen LogP contribution is -1.96. The van der Waals surface area contributed by atoms with Gasteiger partial charge in [0, 0.05) is 0 Å². The second-order valence-corrected chi connectivity index (χ2v) is 3.35. The number of carbonyl (C=O) groups excluding carboxylic acids is 1. The number of benzene rings is 1. The average Bonchev–Trinajstić information content (AvgIpc) is 2.82. The summed E-state index contributed by atoms with van der Waals surface area (Å²) in [6, 6.07) is 7.16. The molecule has 0 aliphatic rings. The van der Waals surface area contributed by atoms with Gasteiger partial charge in [-0.1, -0.05) is 6.07 Å². The maximum absolute atomic E-state index is 13.0. The molecule has 0 bridgehead atoms. The van der Waals surface area contributed by atoms with Gasteiger partial charge >= 0.3 is 0 Å². The molecule has 4 heteroatoms. The van der Waals surface area contributed by atoms with Crippen LogP contribution in [-0.4, -0.2) is 10.9 Å². The van der Waals surface area contributed by atoms with Crippen LogP contribution < -0.4 is 0 Å². The highest BCUT2D eigenvalue weighted by Gasteiger charge is 2.11. The van der Waals surface area contributed by atoms with Crippen LogP contribution in [0, 0.1) is 5.82 Å². The summed E-state index contributed by atoms with van der Waals surface area (Å²) < 4.78 is 18.0. The summed E-state index contributed by atoms with van der Waals surface area (Å²) in [4.78, 5) is 11.7. The Morgan fingerprint density at radius 2 is 2.12 bits per heavy atom. The smallest absolute Gasteiger partial charge is 0.189 e. The Bertz CT molecular complexity index is 556. The summed E-state index contributed by atoms with van der Waals surface area (Å²) in [5, 5.41) is 9.37. The summed E-state index contributed by atoms with van der Waals surface area (Å²) in [5.41, 5.74) is -0.0761. The largest absolute Gasteiger partial charge is 0.504 e. The van der Waals surface area contributed by atoms with Crippen LogP contribution in [0.2, 0.25) is 0 Å². The van der Waals surface area contributed by atoms with Gasteiger partial charge < -0.3 is 9.52 Å². The van der Waals surface area contributed by atoms with Gasteiger partial charge in [0.15, 0.2) is 17.3 Å². The van der Waals surface area contributed by atoms with Crippen LogP contribution in [0.1, 0.15) is 16.1 Å². The third-order valence-corrected chi connectivity index (χ3v) is 2.19. The first-order valence-electron chi connectivity index (χ1n) is 4.92. The molecule has 0 saturated carbocycles. The third-order valence-electron chi connectivity index (χ3n) is 2.19. The predicted molar refractivity (Wildman–Crippen MR) is 60.1 cm³/mol. The highest BCUT2D eigenvalue weighted by atomic mass is 19.1. The zero-order chi connectivity index (χ0) is 12.3. The Balaban J connectivity index is 2.23. The summed E-state index contributed by atoms with van der Waals surface area (Å²) in [7, 11) is 0. The fourth-order valence-corrected chi connectivity index (χ4v) is 1.35. The van der Waals surface area contributed by atoms with E-state index in [0.29, 0.717) is 5.76 Å². The number of phenols is 1. The lowest BCUT2D eigenvalue weighted by atomic mass is 10.1. The molecule has 2 aromatic rings. The standard InChI is InChI=1S/C13H9FO3/c14-11-5-1-4-10(13(11)16)12(15)7-6-9-3-2-8-17-9/h1-8,16H/b7-6+. The normalized spacial score (nSPS) is 10.9. The molecule has 1 aromatic carbocycles. The van der Waals surface area contributed by atoms with E-state index in [1.807, 2.05) is 0 Å². The fourth-order valence-electron chi connectivity index (χ4n) is 1.35. The van der Waals surface area contributed by atoms with Gasteiger partial charge in [-0.05, 0) is 36.4 Å². The first-order valence-corrected chi connectivity index (χ1v) is 4.92. The van der Waals surface area contributed by atoms with Crippen molar-refractivity contribution in [1.82, 2.24) is 0 Å². The number of aromatic hydroxyl groups is 1. The van der Waals surface area contributed by atoms with Crippen LogP contribution in [0.4, 0.5) is 4.39 Å². The van der Waals surface area contributed by atoms with Crippen molar-refractivity contribution in [3.8, 4) is 5.75 Å². The number of para-hydroxylation sites is 1. The number of carbonyl (C=O) groups is 1. The first-order chi connectivity index (χ1) is 8.18. The second kappa shape index (κ2) is 4.65. The van der Waals surface area contributed by atoms with Gasteiger partial charge in [-0.15, -0.1) is 0 Å². The minimum atomic E-state index is -0.817. The van der Waals surface area contributed by atoms with Crippen LogP contribution in [-0.2, 0) is 0 Å². The van der Waals surface area contributed by atoms with E-state index < -0.39 is 17.3 Å². The number of hydrogen-bond donors (Lipinski definition) is 1. The average molecular weight is 232 g/mol. The zero-order valence-electron chi connectivity index (χ0n) is 8.76. The molecule has 0 aliphatic heterocycles. The minimum absolute atomic E-state index is 0.0761. The highest BCUT2D eigenvalue weighted by Crippen LogP contribution is 2.21. The fraction of sp³-hybridized carbons (Fsp3) is 0. The molecule has 0 amide bonds. The quantitative estimate of drug-likeness (QED) is 0.653. The maximum Gasteiger partial charge on any atom is 0.189 e.